The Morgan fingerprint density at radius 1 is 1.30 bits per heavy atom. The van der Waals surface area contributed by atoms with Gasteiger partial charge in [0, 0.05) is 16.1 Å². The molecular formula is C14H13Cl2N3S. The fourth-order valence-corrected chi connectivity index (χ4v) is 3.47. The van der Waals surface area contributed by atoms with Gasteiger partial charge in [0.25, 0.3) is 0 Å². The maximum atomic E-state index is 6.16. The van der Waals surface area contributed by atoms with Gasteiger partial charge in [-0.25, -0.2) is 4.98 Å². The number of hydrogen-bond donors (Lipinski definition) is 1. The number of aryl methyl sites for hydroxylation is 2. The Morgan fingerprint density at radius 2 is 2.10 bits per heavy atom. The molecule has 0 saturated carbocycles. The lowest BCUT2D eigenvalue weighted by atomic mass is 10.3. The summed E-state index contributed by atoms with van der Waals surface area (Å²) in [4.78, 5) is 5.59. The summed E-state index contributed by atoms with van der Waals surface area (Å²) in [5.74, 6) is 0. The highest BCUT2D eigenvalue weighted by Gasteiger charge is 2.12. The number of halogens is 2. The first kappa shape index (κ1) is 13.7. The quantitative estimate of drug-likeness (QED) is 0.739. The molecule has 0 amide bonds. The summed E-state index contributed by atoms with van der Waals surface area (Å²) in [7, 11) is 0. The standard InChI is InChI=1S/C14H13Cl2N3S/c1-8-7-20-14-18-9(2)13(19(8)14)6-17-12-5-10(15)3-4-11(12)16/h3-5,7,17H,6H2,1-2H3. The summed E-state index contributed by atoms with van der Waals surface area (Å²) in [5, 5.41) is 6.77. The van der Waals surface area contributed by atoms with Crippen molar-refractivity contribution >= 4 is 45.2 Å². The van der Waals surface area contributed by atoms with Crippen molar-refractivity contribution in [3.05, 3.63) is 50.7 Å². The minimum Gasteiger partial charge on any atom is -0.378 e. The van der Waals surface area contributed by atoms with Crippen molar-refractivity contribution < 1.29 is 0 Å². The Hall–Kier alpha value is -1.23. The van der Waals surface area contributed by atoms with Crippen LogP contribution in [0.5, 0.6) is 0 Å². The van der Waals surface area contributed by atoms with Gasteiger partial charge < -0.3 is 5.32 Å². The number of rotatable bonds is 3. The highest BCUT2D eigenvalue weighted by Crippen LogP contribution is 2.27. The molecule has 2 heterocycles. The van der Waals surface area contributed by atoms with Crippen LogP contribution in [0.15, 0.2) is 23.6 Å². The Morgan fingerprint density at radius 3 is 2.90 bits per heavy atom. The molecule has 3 nitrogen and oxygen atoms in total. The molecule has 0 radical (unpaired) electrons. The molecule has 3 aromatic rings. The Kier molecular flexibility index (Phi) is 3.63. The number of hydrogen-bond acceptors (Lipinski definition) is 3. The Balaban J connectivity index is 1.92. The molecule has 20 heavy (non-hydrogen) atoms. The number of fused-ring (bicyclic) bond motifs is 1. The van der Waals surface area contributed by atoms with Crippen LogP contribution in [0.25, 0.3) is 4.96 Å². The summed E-state index contributed by atoms with van der Waals surface area (Å²) in [6.07, 6.45) is 0. The SMILES string of the molecule is Cc1nc2scc(C)n2c1CNc1cc(Cl)ccc1Cl. The maximum Gasteiger partial charge on any atom is 0.194 e. The van der Waals surface area contributed by atoms with Crippen LogP contribution < -0.4 is 5.32 Å². The second kappa shape index (κ2) is 5.28. The average Bonchev–Trinajstić information content (AvgIpc) is 2.91. The van der Waals surface area contributed by atoms with Crippen molar-refractivity contribution in [2.24, 2.45) is 0 Å². The van der Waals surface area contributed by atoms with E-state index in [2.05, 4.69) is 27.0 Å². The fraction of sp³-hybridized carbons (Fsp3) is 0.214. The van der Waals surface area contributed by atoms with Crippen molar-refractivity contribution in [1.29, 1.82) is 0 Å². The molecule has 2 aromatic heterocycles. The number of thiazole rings is 1. The first-order valence-electron chi connectivity index (χ1n) is 6.17. The van der Waals surface area contributed by atoms with Crippen LogP contribution >= 0.6 is 34.5 Å². The van der Waals surface area contributed by atoms with Crippen molar-refractivity contribution in [3.8, 4) is 0 Å². The van der Waals surface area contributed by atoms with Crippen molar-refractivity contribution in [2.75, 3.05) is 5.32 Å². The smallest absolute Gasteiger partial charge is 0.194 e. The van der Waals surface area contributed by atoms with Crippen molar-refractivity contribution in [1.82, 2.24) is 9.38 Å². The summed E-state index contributed by atoms with van der Waals surface area (Å²) >= 11 is 13.8. The molecule has 1 aromatic carbocycles. The average molecular weight is 326 g/mol. The molecule has 0 aliphatic carbocycles. The number of imidazole rings is 1. The minimum atomic E-state index is 0.657. The first-order valence-corrected chi connectivity index (χ1v) is 7.81. The number of anilines is 1. The molecule has 0 atom stereocenters. The van der Waals surface area contributed by atoms with Gasteiger partial charge in [0.1, 0.15) is 0 Å². The lowest BCUT2D eigenvalue weighted by molar-refractivity contribution is 0.966. The fourth-order valence-electron chi connectivity index (χ4n) is 2.19. The first-order chi connectivity index (χ1) is 9.56. The molecule has 0 spiro atoms. The summed E-state index contributed by atoms with van der Waals surface area (Å²) in [5.41, 5.74) is 4.21. The zero-order chi connectivity index (χ0) is 14.3. The topological polar surface area (TPSA) is 29.3 Å². The molecule has 0 bridgehead atoms. The highest BCUT2D eigenvalue weighted by atomic mass is 35.5. The van der Waals surface area contributed by atoms with Gasteiger partial charge in [-0.15, -0.1) is 11.3 Å². The molecule has 3 rings (SSSR count). The molecule has 1 N–H and O–H groups in total. The second-order valence-electron chi connectivity index (χ2n) is 4.62. The summed E-state index contributed by atoms with van der Waals surface area (Å²) in [6, 6.07) is 5.40. The Bertz CT molecular complexity index is 776. The van der Waals surface area contributed by atoms with Gasteiger partial charge in [-0.05, 0) is 32.0 Å². The van der Waals surface area contributed by atoms with E-state index in [-0.39, 0.29) is 0 Å². The Labute approximate surface area is 131 Å². The third-order valence-electron chi connectivity index (χ3n) is 3.20. The predicted molar refractivity (Wildman–Crippen MR) is 86.3 cm³/mol. The summed E-state index contributed by atoms with van der Waals surface area (Å²) in [6.45, 7) is 4.76. The lowest BCUT2D eigenvalue weighted by Gasteiger charge is -2.09. The van der Waals surface area contributed by atoms with Gasteiger partial charge in [-0.3, -0.25) is 4.40 Å². The van der Waals surface area contributed by atoms with Crippen LogP contribution in [0, 0.1) is 13.8 Å². The van der Waals surface area contributed by atoms with Crippen LogP contribution in [0.4, 0.5) is 5.69 Å². The zero-order valence-electron chi connectivity index (χ0n) is 11.1. The van der Waals surface area contributed by atoms with E-state index in [4.69, 9.17) is 23.2 Å². The van der Waals surface area contributed by atoms with Gasteiger partial charge in [-0.2, -0.15) is 0 Å². The molecule has 0 saturated heterocycles. The molecule has 0 unspecified atom stereocenters. The largest absolute Gasteiger partial charge is 0.378 e. The van der Waals surface area contributed by atoms with Gasteiger partial charge in [0.15, 0.2) is 4.96 Å². The van der Waals surface area contributed by atoms with E-state index in [0.717, 1.165) is 22.0 Å². The van der Waals surface area contributed by atoms with E-state index < -0.39 is 0 Å². The van der Waals surface area contributed by atoms with Crippen LogP contribution in [0.2, 0.25) is 10.0 Å². The molecule has 0 fully saturated rings. The molecule has 0 aliphatic heterocycles. The van der Waals surface area contributed by atoms with Crippen molar-refractivity contribution in [2.45, 2.75) is 20.4 Å². The van der Waals surface area contributed by atoms with Gasteiger partial charge >= 0.3 is 0 Å². The van der Waals surface area contributed by atoms with Crippen LogP contribution in [0.1, 0.15) is 17.1 Å². The van der Waals surface area contributed by atoms with Crippen LogP contribution in [-0.2, 0) is 6.54 Å². The van der Waals surface area contributed by atoms with E-state index in [1.54, 1.807) is 23.5 Å². The van der Waals surface area contributed by atoms with Crippen LogP contribution in [-0.4, -0.2) is 9.38 Å². The second-order valence-corrected chi connectivity index (χ2v) is 6.30. The van der Waals surface area contributed by atoms with Gasteiger partial charge in [0.2, 0.25) is 0 Å². The predicted octanol–water partition coefficient (Wildman–Crippen LogP) is 4.93. The third-order valence-corrected chi connectivity index (χ3v) is 4.71. The van der Waals surface area contributed by atoms with E-state index >= 15 is 0 Å². The number of benzene rings is 1. The van der Waals surface area contributed by atoms with E-state index in [0.29, 0.717) is 16.6 Å². The van der Waals surface area contributed by atoms with Gasteiger partial charge in [0.05, 0.1) is 28.6 Å². The number of aromatic nitrogens is 2. The van der Waals surface area contributed by atoms with Gasteiger partial charge in [-0.1, -0.05) is 23.2 Å². The molecule has 0 aliphatic rings. The van der Waals surface area contributed by atoms with E-state index in [1.165, 1.54) is 5.69 Å². The third kappa shape index (κ3) is 2.39. The molecule has 104 valence electrons. The minimum absolute atomic E-state index is 0.657. The molecule has 6 heteroatoms. The monoisotopic (exact) mass is 325 g/mol. The van der Waals surface area contributed by atoms with E-state index in [1.807, 2.05) is 13.0 Å². The number of nitrogens with zero attached hydrogens (tertiary/aromatic N) is 2. The maximum absolute atomic E-state index is 6.16. The normalized spacial score (nSPS) is 11.2. The van der Waals surface area contributed by atoms with Crippen molar-refractivity contribution in [3.63, 3.8) is 0 Å². The number of nitrogens with one attached hydrogen (secondary N) is 1. The highest BCUT2D eigenvalue weighted by molar-refractivity contribution is 7.15. The van der Waals surface area contributed by atoms with Crippen LogP contribution in [0.3, 0.4) is 0 Å². The lowest BCUT2D eigenvalue weighted by Crippen LogP contribution is -2.05. The molecular weight excluding hydrogens is 313 g/mol. The zero-order valence-corrected chi connectivity index (χ0v) is 13.4. The summed E-state index contributed by atoms with van der Waals surface area (Å²) < 4.78 is 2.17. The van der Waals surface area contributed by atoms with E-state index in [9.17, 15) is 0 Å².